The molecule has 1 aliphatic rings. The average molecular weight is 313 g/mol. The number of aryl methyl sites for hydroxylation is 2. The van der Waals surface area contributed by atoms with E-state index in [2.05, 4.69) is 5.10 Å². The lowest BCUT2D eigenvalue weighted by Crippen LogP contribution is -2.28. The topological polar surface area (TPSA) is 64.4 Å². The van der Waals surface area contributed by atoms with Crippen molar-refractivity contribution in [3.05, 3.63) is 36.0 Å². The van der Waals surface area contributed by atoms with E-state index in [0.29, 0.717) is 6.54 Å². The molecule has 1 amide bonds. The summed E-state index contributed by atoms with van der Waals surface area (Å²) in [5, 5.41) is 4.46. The molecule has 0 radical (unpaired) electrons. The summed E-state index contributed by atoms with van der Waals surface area (Å²) in [7, 11) is 3.16. The van der Waals surface area contributed by atoms with Crippen LogP contribution in [0.1, 0.15) is 12.1 Å². The molecule has 1 aromatic carbocycles. The van der Waals surface area contributed by atoms with Crippen molar-refractivity contribution in [1.29, 1.82) is 0 Å². The van der Waals surface area contributed by atoms with E-state index in [1.807, 2.05) is 44.3 Å². The first-order valence-electron chi connectivity index (χ1n) is 7.50. The Morgan fingerprint density at radius 2 is 2.00 bits per heavy atom. The largest absolute Gasteiger partial charge is 0.469 e. The van der Waals surface area contributed by atoms with Crippen molar-refractivity contribution in [3.8, 4) is 11.1 Å². The van der Waals surface area contributed by atoms with E-state index in [1.54, 1.807) is 9.58 Å². The summed E-state index contributed by atoms with van der Waals surface area (Å²) in [5.41, 5.74) is 2.78. The van der Waals surface area contributed by atoms with E-state index in [-0.39, 0.29) is 18.3 Å². The lowest BCUT2D eigenvalue weighted by Gasteiger charge is -2.18. The SMILES string of the molecule is COC(=O)C1CC(=O)N(c2c(-c3ccccc3)c(C)nn2C)C1. The van der Waals surface area contributed by atoms with Gasteiger partial charge in [0, 0.05) is 25.6 Å². The summed E-state index contributed by atoms with van der Waals surface area (Å²) in [6.07, 6.45) is 0.172. The van der Waals surface area contributed by atoms with Crippen LogP contribution >= 0.6 is 0 Å². The van der Waals surface area contributed by atoms with Gasteiger partial charge >= 0.3 is 5.97 Å². The van der Waals surface area contributed by atoms with Gasteiger partial charge in [0.15, 0.2) is 0 Å². The molecule has 1 aromatic heterocycles. The maximum Gasteiger partial charge on any atom is 0.311 e. The van der Waals surface area contributed by atoms with Crippen molar-refractivity contribution in [2.75, 3.05) is 18.6 Å². The van der Waals surface area contributed by atoms with Crippen LogP contribution in [0.15, 0.2) is 30.3 Å². The van der Waals surface area contributed by atoms with Crippen LogP contribution in [0.5, 0.6) is 0 Å². The van der Waals surface area contributed by atoms with Crippen LogP contribution in [0.4, 0.5) is 5.82 Å². The highest BCUT2D eigenvalue weighted by molar-refractivity contribution is 6.01. The molecule has 0 N–H and O–H groups in total. The van der Waals surface area contributed by atoms with Crippen molar-refractivity contribution < 1.29 is 14.3 Å². The number of methoxy groups -OCH3 is 1. The Bertz CT molecular complexity index is 752. The van der Waals surface area contributed by atoms with Crippen LogP contribution in [0, 0.1) is 12.8 Å². The summed E-state index contributed by atoms with van der Waals surface area (Å²) >= 11 is 0. The molecule has 0 aliphatic carbocycles. The zero-order valence-corrected chi connectivity index (χ0v) is 13.4. The average Bonchev–Trinajstić information content (AvgIpc) is 3.06. The highest BCUT2D eigenvalue weighted by atomic mass is 16.5. The van der Waals surface area contributed by atoms with E-state index in [9.17, 15) is 9.59 Å². The zero-order valence-electron chi connectivity index (χ0n) is 13.4. The van der Waals surface area contributed by atoms with E-state index >= 15 is 0 Å². The normalized spacial score (nSPS) is 17.6. The highest BCUT2D eigenvalue weighted by Gasteiger charge is 2.38. The second-order valence-corrected chi connectivity index (χ2v) is 5.70. The van der Waals surface area contributed by atoms with Crippen LogP contribution in [0.2, 0.25) is 0 Å². The standard InChI is InChI=1S/C17H19N3O3/c1-11-15(12-7-5-4-6-8-12)16(19(2)18-11)20-10-13(9-14(20)21)17(22)23-3/h4-8,13H,9-10H2,1-3H3. The monoisotopic (exact) mass is 313 g/mol. The van der Waals surface area contributed by atoms with Gasteiger partial charge in [0.05, 0.1) is 18.7 Å². The summed E-state index contributed by atoms with van der Waals surface area (Å²) < 4.78 is 6.48. The third kappa shape index (κ3) is 2.60. The molecule has 0 spiro atoms. The predicted octanol–water partition coefficient (Wildman–Crippen LogP) is 1.92. The van der Waals surface area contributed by atoms with Crippen molar-refractivity contribution in [1.82, 2.24) is 9.78 Å². The second kappa shape index (κ2) is 5.87. The summed E-state index contributed by atoms with van der Waals surface area (Å²) in [6.45, 7) is 2.24. The van der Waals surface area contributed by atoms with E-state index < -0.39 is 5.92 Å². The Morgan fingerprint density at radius 1 is 1.30 bits per heavy atom. The fourth-order valence-corrected chi connectivity index (χ4v) is 3.14. The first-order chi connectivity index (χ1) is 11.0. The molecule has 2 heterocycles. The lowest BCUT2D eigenvalue weighted by molar-refractivity contribution is -0.145. The van der Waals surface area contributed by atoms with Gasteiger partial charge in [0.2, 0.25) is 5.91 Å². The molecule has 1 fully saturated rings. The van der Waals surface area contributed by atoms with Gasteiger partial charge in [-0.05, 0) is 12.5 Å². The molecule has 1 aliphatic heterocycles. The number of hydrogen-bond acceptors (Lipinski definition) is 4. The minimum atomic E-state index is -0.425. The van der Waals surface area contributed by atoms with Gasteiger partial charge in [0.25, 0.3) is 0 Å². The molecule has 120 valence electrons. The van der Waals surface area contributed by atoms with Crippen LogP contribution < -0.4 is 4.90 Å². The zero-order chi connectivity index (χ0) is 16.6. The van der Waals surface area contributed by atoms with Crippen molar-refractivity contribution in [3.63, 3.8) is 0 Å². The molecule has 3 rings (SSSR count). The van der Waals surface area contributed by atoms with Gasteiger partial charge < -0.3 is 4.74 Å². The van der Waals surface area contributed by atoms with E-state index in [0.717, 1.165) is 22.6 Å². The van der Waals surface area contributed by atoms with Crippen LogP contribution in [0.3, 0.4) is 0 Å². The number of rotatable bonds is 3. The number of amides is 1. The van der Waals surface area contributed by atoms with Gasteiger partial charge in [-0.1, -0.05) is 30.3 Å². The first kappa shape index (κ1) is 15.3. The lowest BCUT2D eigenvalue weighted by atomic mass is 10.1. The van der Waals surface area contributed by atoms with Crippen molar-refractivity contribution in [2.45, 2.75) is 13.3 Å². The maximum absolute atomic E-state index is 12.4. The number of hydrogen-bond donors (Lipinski definition) is 0. The summed E-state index contributed by atoms with van der Waals surface area (Å²) in [5.74, 6) is -0.127. The number of carbonyl (C=O) groups is 2. The fourth-order valence-electron chi connectivity index (χ4n) is 3.14. The molecular formula is C17H19N3O3. The van der Waals surface area contributed by atoms with E-state index in [4.69, 9.17) is 4.74 Å². The molecule has 6 nitrogen and oxygen atoms in total. The number of anilines is 1. The Hall–Kier alpha value is -2.63. The number of nitrogens with zero attached hydrogens (tertiary/aromatic N) is 3. The Morgan fingerprint density at radius 3 is 2.65 bits per heavy atom. The molecule has 6 heteroatoms. The molecule has 2 aromatic rings. The van der Waals surface area contributed by atoms with Gasteiger partial charge in [-0.25, -0.2) is 0 Å². The molecule has 1 unspecified atom stereocenters. The quantitative estimate of drug-likeness (QED) is 0.812. The molecular weight excluding hydrogens is 294 g/mol. The molecule has 0 bridgehead atoms. The molecule has 23 heavy (non-hydrogen) atoms. The van der Waals surface area contributed by atoms with Crippen molar-refractivity contribution >= 4 is 17.7 Å². The predicted molar refractivity (Wildman–Crippen MR) is 85.9 cm³/mol. The Balaban J connectivity index is 2.04. The van der Waals surface area contributed by atoms with Gasteiger partial charge in [0.1, 0.15) is 5.82 Å². The number of esters is 1. The summed E-state index contributed by atoms with van der Waals surface area (Å²) in [6, 6.07) is 9.84. The highest BCUT2D eigenvalue weighted by Crippen LogP contribution is 2.36. The number of benzene rings is 1. The number of carbonyl (C=O) groups excluding carboxylic acids is 2. The van der Waals surface area contributed by atoms with Gasteiger partial charge in [-0.15, -0.1) is 0 Å². The molecule has 1 atom stereocenters. The first-order valence-corrected chi connectivity index (χ1v) is 7.50. The van der Waals surface area contributed by atoms with E-state index in [1.165, 1.54) is 7.11 Å². The maximum atomic E-state index is 12.4. The summed E-state index contributed by atoms with van der Waals surface area (Å²) in [4.78, 5) is 25.8. The number of aromatic nitrogens is 2. The van der Waals surface area contributed by atoms with Crippen LogP contribution in [0.25, 0.3) is 11.1 Å². The molecule has 0 saturated carbocycles. The van der Waals surface area contributed by atoms with Crippen LogP contribution in [-0.4, -0.2) is 35.3 Å². The minimum absolute atomic E-state index is 0.0828. The Labute approximate surface area is 134 Å². The van der Waals surface area contributed by atoms with Gasteiger partial charge in [-0.2, -0.15) is 5.10 Å². The third-order valence-corrected chi connectivity index (χ3v) is 4.17. The van der Waals surface area contributed by atoms with Crippen LogP contribution in [-0.2, 0) is 21.4 Å². The minimum Gasteiger partial charge on any atom is -0.469 e. The second-order valence-electron chi connectivity index (χ2n) is 5.70. The Kier molecular flexibility index (Phi) is 3.90. The van der Waals surface area contributed by atoms with Gasteiger partial charge in [-0.3, -0.25) is 19.2 Å². The fraction of sp³-hybridized carbons (Fsp3) is 0.353. The van der Waals surface area contributed by atoms with Crippen molar-refractivity contribution in [2.24, 2.45) is 13.0 Å². The third-order valence-electron chi connectivity index (χ3n) is 4.17. The number of ether oxygens (including phenoxy) is 1. The smallest absolute Gasteiger partial charge is 0.311 e. The molecule has 1 saturated heterocycles.